The summed E-state index contributed by atoms with van der Waals surface area (Å²) in [5, 5.41) is 1.90. The highest BCUT2D eigenvalue weighted by Crippen LogP contribution is 2.41. The highest BCUT2D eigenvalue weighted by atomic mass is 19.4. The van der Waals surface area contributed by atoms with Gasteiger partial charge < -0.3 is 15.0 Å². The number of rotatable bonds is 4. The highest BCUT2D eigenvalue weighted by Gasteiger charge is 2.30. The summed E-state index contributed by atoms with van der Waals surface area (Å²) >= 11 is 0. The normalized spacial score (nSPS) is 17.9. The number of alkyl halides is 3. The predicted octanol–water partition coefficient (Wildman–Crippen LogP) is 2.69. The van der Waals surface area contributed by atoms with Crippen LogP contribution in [0.15, 0.2) is 18.2 Å². The number of ether oxygens (including phenoxy) is 1. The minimum atomic E-state index is -4.40. The molecule has 1 aliphatic heterocycles. The molecule has 0 fully saturated rings. The molecule has 1 unspecified atom stereocenters. The fourth-order valence-electron chi connectivity index (χ4n) is 2.64. The van der Waals surface area contributed by atoms with Gasteiger partial charge in [0.1, 0.15) is 12.3 Å². The van der Waals surface area contributed by atoms with Crippen LogP contribution in [0.5, 0.6) is 5.75 Å². The molecule has 0 saturated carbocycles. The molecule has 0 radical (unpaired) electrons. The summed E-state index contributed by atoms with van der Waals surface area (Å²) in [6.45, 7) is 1.26. The quantitative estimate of drug-likeness (QED) is 0.928. The summed E-state index contributed by atoms with van der Waals surface area (Å²) < 4.78 is 41.8. The molecule has 0 bridgehead atoms. The molecule has 0 saturated heterocycles. The minimum Gasteiger partial charge on any atom is -0.495 e. The highest BCUT2D eigenvalue weighted by molar-refractivity contribution is 5.83. The molecule has 4 nitrogen and oxygen atoms in total. The lowest BCUT2D eigenvalue weighted by molar-refractivity contribution is -0.137. The summed E-state index contributed by atoms with van der Waals surface area (Å²) in [6, 6.07) is 5.63. The number of hydrogen-bond donors (Lipinski definition) is 1. The van der Waals surface area contributed by atoms with E-state index in [2.05, 4.69) is 6.92 Å². The van der Waals surface area contributed by atoms with Gasteiger partial charge in [-0.2, -0.15) is 13.2 Å². The molecular formula is C15H19F3N2O2. The van der Waals surface area contributed by atoms with E-state index >= 15 is 0 Å². The van der Waals surface area contributed by atoms with Crippen LogP contribution in [0.3, 0.4) is 0 Å². The van der Waals surface area contributed by atoms with Crippen molar-refractivity contribution < 1.29 is 22.7 Å². The van der Waals surface area contributed by atoms with Crippen LogP contribution in [0, 0.1) is 0 Å². The lowest BCUT2D eigenvalue weighted by Crippen LogP contribution is -2.43. The molecule has 0 spiro atoms. The van der Waals surface area contributed by atoms with Crippen LogP contribution in [0.25, 0.3) is 0 Å². The minimum absolute atomic E-state index is 0.115. The fourth-order valence-corrected chi connectivity index (χ4v) is 2.64. The van der Waals surface area contributed by atoms with Crippen LogP contribution in [-0.2, 0) is 4.79 Å². The number of nitrogens with one attached hydrogen (secondary N) is 1. The largest absolute Gasteiger partial charge is 0.495 e. The Labute approximate surface area is 127 Å². The second-order valence-electron chi connectivity index (χ2n) is 5.40. The maximum absolute atomic E-state index is 12.2. The summed E-state index contributed by atoms with van der Waals surface area (Å²) in [5.41, 5.74) is 1.85. The second kappa shape index (κ2) is 6.46. The number of nitrogens with zero attached hydrogens (tertiary/aromatic N) is 1. The topological polar surface area (TPSA) is 41.6 Å². The molecule has 2 rings (SSSR count). The van der Waals surface area contributed by atoms with E-state index < -0.39 is 18.6 Å². The zero-order chi connectivity index (χ0) is 16.3. The maximum atomic E-state index is 12.2. The maximum Gasteiger partial charge on any atom is 0.405 e. The van der Waals surface area contributed by atoms with E-state index in [0.29, 0.717) is 18.2 Å². The van der Waals surface area contributed by atoms with Crippen LogP contribution in [0.2, 0.25) is 0 Å². The van der Waals surface area contributed by atoms with Gasteiger partial charge in [-0.05, 0) is 24.0 Å². The van der Waals surface area contributed by atoms with Crippen molar-refractivity contribution in [1.82, 2.24) is 5.32 Å². The van der Waals surface area contributed by atoms with Crippen molar-refractivity contribution >= 4 is 11.6 Å². The van der Waals surface area contributed by atoms with Crippen LogP contribution in [-0.4, -0.2) is 38.8 Å². The van der Waals surface area contributed by atoms with Crippen LogP contribution in [0.1, 0.15) is 24.8 Å². The number of hydrogen-bond acceptors (Lipinski definition) is 3. The molecule has 1 N–H and O–H groups in total. The molecule has 122 valence electrons. The number of amides is 1. The zero-order valence-corrected chi connectivity index (χ0v) is 12.5. The molecule has 1 aromatic rings. The molecule has 1 aliphatic rings. The average Bonchev–Trinajstić information content (AvgIpc) is 2.47. The monoisotopic (exact) mass is 316 g/mol. The van der Waals surface area contributed by atoms with Gasteiger partial charge >= 0.3 is 6.18 Å². The van der Waals surface area contributed by atoms with Gasteiger partial charge in [0.2, 0.25) is 5.91 Å². The Morgan fingerprint density at radius 1 is 1.45 bits per heavy atom. The first kappa shape index (κ1) is 16.5. The lowest BCUT2D eigenvalue weighted by Gasteiger charge is -2.35. The van der Waals surface area contributed by atoms with Crippen LogP contribution >= 0.6 is 0 Å². The Bertz CT molecular complexity index is 546. The van der Waals surface area contributed by atoms with Crippen molar-refractivity contribution in [2.45, 2.75) is 25.4 Å². The van der Waals surface area contributed by atoms with Crippen molar-refractivity contribution in [3.05, 3.63) is 23.8 Å². The van der Waals surface area contributed by atoms with E-state index in [9.17, 15) is 18.0 Å². The van der Waals surface area contributed by atoms with Gasteiger partial charge in [0.05, 0.1) is 19.3 Å². The van der Waals surface area contributed by atoms with Gasteiger partial charge in [-0.15, -0.1) is 0 Å². The first-order valence-electron chi connectivity index (χ1n) is 7.07. The van der Waals surface area contributed by atoms with E-state index in [-0.39, 0.29) is 6.54 Å². The summed E-state index contributed by atoms with van der Waals surface area (Å²) in [5.74, 6) is 0.302. The summed E-state index contributed by atoms with van der Waals surface area (Å²) in [6.07, 6.45) is -3.56. The van der Waals surface area contributed by atoms with Crippen LogP contribution < -0.4 is 15.0 Å². The van der Waals surface area contributed by atoms with Gasteiger partial charge in [0.25, 0.3) is 0 Å². The molecule has 1 aromatic carbocycles. The van der Waals surface area contributed by atoms with Gasteiger partial charge in [-0.1, -0.05) is 19.1 Å². The molecule has 1 atom stereocenters. The van der Waals surface area contributed by atoms with Crippen molar-refractivity contribution in [2.24, 2.45) is 0 Å². The van der Waals surface area contributed by atoms with Crippen molar-refractivity contribution in [2.75, 3.05) is 31.6 Å². The van der Waals surface area contributed by atoms with Gasteiger partial charge in [-0.25, -0.2) is 0 Å². The fraction of sp³-hybridized carbons (Fsp3) is 0.533. The van der Waals surface area contributed by atoms with Crippen molar-refractivity contribution in [1.29, 1.82) is 0 Å². The number of benzene rings is 1. The van der Waals surface area contributed by atoms with E-state index in [0.717, 1.165) is 17.7 Å². The Morgan fingerprint density at radius 2 is 2.18 bits per heavy atom. The average molecular weight is 316 g/mol. The molecule has 1 amide bonds. The Morgan fingerprint density at radius 3 is 2.82 bits per heavy atom. The number of anilines is 1. The van der Waals surface area contributed by atoms with E-state index in [1.54, 1.807) is 11.0 Å². The van der Waals surface area contributed by atoms with Gasteiger partial charge in [0, 0.05) is 6.54 Å². The van der Waals surface area contributed by atoms with Gasteiger partial charge in [-0.3, -0.25) is 4.79 Å². The molecule has 7 heteroatoms. The number of para-hydroxylation sites is 1. The first-order chi connectivity index (χ1) is 10.3. The SMILES string of the molecule is COc1cccc2c1N(CC(=O)NCC(F)(F)F)CCC2C. The number of carbonyl (C=O) groups excluding carboxylic acids is 1. The molecular weight excluding hydrogens is 297 g/mol. The second-order valence-corrected chi connectivity index (χ2v) is 5.40. The summed E-state index contributed by atoms with van der Waals surface area (Å²) in [7, 11) is 1.54. The number of carbonyl (C=O) groups is 1. The van der Waals surface area contributed by atoms with Crippen molar-refractivity contribution in [3.8, 4) is 5.75 Å². The number of methoxy groups -OCH3 is 1. The number of halogens is 3. The predicted molar refractivity (Wildman–Crippen MR) is 77.3 cm³/mol. The third-order valence-corrected chi connectivity index (χ3v) is 3.75. The Balaban J connectivity index is 2.14. The van der Waals surface area contributed by atoms with E-state index in [1.807, 2.05) is 17.4 Å². The Hall–Kier alpha value is -1.92. The molecule has 0 aliphatic carbocycles. The molecule has 0 aromatic heterocycles. The molecule has 1 heterocycles. The van der Waals surface area contributed by atoms with E-state index in [4.69, 9.17) is 4.74 Å². The molecule has 22 heavy (non-hydrogen) atoms. The lowest BCUT2D eigenvalue weighted by atomic mass is 9.91. The van der Waals surface area contributed by atoms with Crippen molar-refractivity contribution in [3.63, 3.8) is 0 Å². The standard InChI is InChI=1S/C15H19F3N2O2/c1-10-6-7-20(8-13(21)19-9-15(16,17)18)14-11(10)4-3-5-12(14)22-2/h3-5,10H,6-9H2,1-2H3,(H,19,21). The first-order valence-corrected chi connectivity index (χ1v) is 7.07. The third kappa shape index (κ3) is 3.84. The zero-order valence-electron chi connectivity index (χ0n) is 12.5. The van der Waals surface area contributed by atoms with E-state index in [1.165, 1.54) is 7.11 Å². The summed E-state index contributed by atoms with van der Waals surface area (Å²) in [4.78, 5) is 13.5. The number of fused-ring (bicyclic) bond motifs is 1. The third-order valence-electron chi connectivity index (χ3n) is 3.75. The van der Waals surface area contributed by atoms with Crippen LogP contribution in [0.4, 0.5) is 18.9 Å². The smallest absolute Gasteiger partial charge is 0.405 e. The Kier molecular flexibility index (Phi) is 4.83. The van der Waals surface area contributed by atoms with Gasteiger partial charge in [0.15, 0.2) is 0 Å².